The summed E-state index contributed by atoms with van der Waals surface area (Å²) < 4.78 is 6.45. The smallest absolute Gasteiger partial charge is 0.303 e. The molecule has 0 amide bonds. The van der Waals surface area contributed by atoms with Crippen LogP contribution in [0.4, 0.5) is 0 Å². The number of fused-ring (bicyclic) bond motifs is 7. The lowest BCUT2D eigenvalue weighted by molar-refractivity contribution is -0.138. The van der Waals surface area contributed by atoms with Crippen molar-refractivity contribution in [2.45, 2.75) is 76.9 Å². The number of carboxylic acids is 1. The van der Waals surface area contributed by atoms with E-state index >= 15 is 0 Å². The third kappa shape index (κ3) is 2.32. The molecule has 1 aliphatic heterocycles. The van der Waals surface area contributed by atoms with E-state index in [1.165, 1.54) is 31.2 Å². The molecule has 30 heavy (non-hydrogen) atoms. The van der Waals surface area contributed by atoms with Crippen molar-refractivity contribution >= 4 is 5.97 Å². The zero-order valence-electron chi connectivity index (χ0n) is 18.1. The Hall–Kier alpha value is -1.68. The average Bonchev–Trinajstić information content (AvgIpc) is 3.40. The molecule has 1 N–H and O–H groups in total. The van der Waals surface area contributed by atoms with Crippen molar-refractivity contribution < 1.29 is 14.6 Å². The van der Waals surface area contributed by atoms with Crippen molar-refractivity contribution in [3.63, 3.8) is 0 Å². The van der Waals surface area contributed by atoms with Gasteiger partial charge in [-0.05, 0) is 80.1 Å². The number of carboxylic acid groups (broad SMARTS) is 1. The molecule has 4 heteroatoms. The zero-order chi connectivity index (χ0) is 20.7. The molecule has 8 atom stereocenters. The first-order valence-corrected chi connectivity index (χ1v) is 11.9. The number of epoxide rings is 1. The molecule has 1 saturated heterocycles. The number of rotatable bonds is 3. The van der Waals surface area contributed by atoms with E-state index in [0.717, 1.165) is 31.1 Å². The van der Waals surface area contributed by atoms with Crippen molar-refractivity contribution in [3.05, 3.63) is 41.7 Å². The third-order valence-electron chi connectivity index (χ3n) is 10.2. The van der Waals surface area contributed by atoms with Gasteiger partial charge in [0.1, 0.15) is 5.60 Å². The molecule has 5 aliphatic rings. The summed E-state index contributed by atoms with van der Waals surface area (Å²) >= 11 is 0. The minimum atomic E-state index is -0.641. The molecule has 0 bridgehead atoms. The van der Waals surface area contributed by atoms with Gasteiger partial charge >= 0.3 is 5.97 Å². The Labute approximate surface area is 179 Å². The molecule has 0 aromatic carbocycles. The number of nitrogens with zero attached hydrogens (tertiary/aromatic N) is 1. The fourth-order valence-corrected chi connectivity index (χ4v) is 8.68. The first-order chi connectivity index (χ1) is 14.4. The number of hydrogen-bond acceptors (Lipinski definition) is 3. The zero-order valence-corrected chi connectivity index (χ0v) is 18.1. The lowest BCUT2D eigenvalue weighted by atomic mass is 9.46. The first-order valence-electron chi connectivity index (χ1n) is 11.9. The van der Waals surface area contributed by atoms with Gasteiger partial charge in [0.05, 0.1) is 6.10 Å². The van der Waals surface area contributed by atoms with E-state index in [0.29, 0.717) is 24.4 Å². The molecule has 160 valence electrons. The fraction of sp³-hybridized carbons (Fsp3) is 0.692. The van der Waals surface area contributed by atoms with Gasteiger partial charge in [-0.15, -0.1) is 0 Å². The van der Waals surface area contributed by atoms with Crippen LogP contribution in [0.1, 0.15) is 70.8 Å². The minimum absolute atomic E-state index is 0.110. The van der Waals surface area contributed by atoms with Gasteiger partial charge in [0.25, 0.3) is 0 Å². The second-order valence-corrected chi connectivity index (χ2v) is 11.2. The Bertz CT molecular complexity index is 912. The molecular weight excluding hydrogens is 374 g/mol. The molecule has 0 radical (unpaired) electrons. The van der Waals surface area contributed by atoms with Gasteiger partial charge < -0.3 is 9.84 Å². The maximum absolute atomic E-state index is 11.2. The van der Waals surface area contributed by atoms with Crippen LogP contribution in [0.5, 0.6) is 0 Å². The Morgan fingerprint density at radius 3 is 2.90 bits per heavy atom. The predicted octanol–water partition coefficient (Wildman–Crippen LogP) is 5.34. The lowest BCUT2D eigenvalue weighted by Gasteiger charge is -2.58. The van der Waals surface area contributed by atoms with E-state index in [4.69, 9.17) is 4.74 Å². The van der Waals surface area contributed by atoms with Gasteiger partial charge in [0.2, 0.25) is 0 Å². The second kappa shape index (κ2) is 6.18. The van der Waals surface area contributed by atoms with Crippen molar-refractivity contribution in [3.8, 4) is 0 Å². The van der Waals surface area contributed by atoms with E-state index in [2.05, 4.69) is 37.0 Å². The minimum Gasteiger partial charge on any atom is -0.481 e. The number of ether oxygens (including phenoxy) is 1. The van der Waals surface area contributed by atoms with Crippen LogP contribution < -0.4 is 0 Å². The summed E-state index contributed by atoms with van der Waals surface area (Å²) in [6.07, 6.45) is 15.2. The van der Waals surface area contributed by atoms with E-state index in [1.54, 1.807) is 5.57 Å². The molecule has 4 nitrogen and oxygen atoms in total. The Kier molecular flexibility index (Phi) is 3.92. The standard InChI is InChI=1S/C26H33NO3/c1-24-9-7-16(13-23(28)29)12-17(24)5-6-19-20(24)8-10-25(2)21(19)14-22-26(25,30-22)18-4-3-11-27-15-18/h3-5,11,15-16,19-22H,6-10,12-14H2,1-2H3,(H,28,29)/t16-,19+,20-,21-,22+,24-,25-,26+/m0/s1. The average molecular weight is 408 g/mol. The van der Waals surface area contributed by atoms with Gasteiger partial charge in [-0.25, -0.2) is 0 Å². The highest BCUT2D eigenvalue weighted by Crippen LogP contribution is 2.76. The topological polar surface area (TPSA) is 62.7 Å². The van der Waals surface area contributed by atoms with Gasteiger partial charge in [-0.1, -0.05) is 31.6 Å². The van der Waals surface area contributed by atoms with Gasteiger partial charge in [0.15, 0.2) is 0 Å². The number of pyridine rings is 1. The molecule has 1 aromatic rings. The van der Waals surface area contributed by atoms with Crippen LogP contribution in [-0.4, -0.2) is 22.2 Å². The van der Waals surface area contributed by atoms with E-state index in [9.17, 15) is 9.90 Å². The summed E-state index contributed by atoms with van der Waals surface area (Å²) in [5.41, 5.74) is 3.22. The lowest BCUT2D eigenvalue weighted by Crippen LogP contribution is -2.52. The maximum atomic E-state index is 11.2. The van der Waals surface area contributed by atoms with Crippen molar-refractivity contribution in [1.29, 1.82) is 0 Å². The first kappa shape index (κ1) is 19.0. The van der Waals surface area contributed by atoms with Crippen molar-refractivity contribution in [2.24, 2.45) is 34.5 Å². The molecule has 4 aliphatic carbocycles. The van der Waals surface area contributed by atoms with Crippen LogP contribution in [0.25, 0.3) is 0 Å². The van der Waals surface area contributed by atoms with E-state index in [1.807, 2.05) is 12.4 Å². The number of aromatic nitrogens is 1. The highest BCUT2D eigenvalue weighted by molar-refractivity contribution is 5.67. The monoisotopic (exact) mass is 407 g/mol. The molecule has 0 unspecified atom stereocenters. The quantitative estimate of drug-likeness (QED) is 0.543. The molecule has 3 saturated carbocycles. The van der Waals surface area contributed by atoms with Crippen molar-refractivity contribution in [2.75, 3.05) is 0 Å². The molecule has 2 heterocycles. The second-order valence-electron chi connectivity index (χ2n) is 11.2. The number of carbonyl (C=O) groups is 1. The van der Waals surface area contributed by atoms with Crippen LogP contribution in [0.15, 0.2) is 36.2 Å². The van der Waals surface area contributed by atoms with Crippen LogP contribution in [0.2, 0.25) is 0 Å². The maximum Gasteiger partial charge on any atom is 0.303 e. The molecule has 6 rings (SSSR count). The van der Waals surface area contributed by atoms with E-state index in [-0.39, 0.29) is 16.4 Å². The summed E-state index contributed by atoms with van der Waals surface area (Å²) in [4.78, 5) is 15.7. The number of aliphatic carboxylic acids is 1. The van der Waals surface area contributed by atoms with Crippen molar-refractivity contribution in [1.82, 2.24) is 4.98 Å². The highest BCUT2D eigenvalue weighted by atomic mass is 16.6. The fourth-order valence-electron chi connectivity index (χ4n) is 8.68. The van der Waals surface area contributed by atoms with Gasteiger partial charge in [-0.2, -0.15) is 0 Å². The largest absolute Gasteiger partial charge is 0.481 e. The third-order valence-corrected chi connectivity index (χ3v) is 10.2. The molecule has 1 aromatic heterocycles. The number of allylic oxidation sites excluding steroid dienone is 2. The summed E-state index contributed by atoms with van der Waals surface area (Å²) in [5.74, 6) is 1.87. The van der Waals surface area contributed by atoms with Crippen LogP contribution in [-0.2, 0) is 15.1 Å². The Morgan fingerprint density at radius 2 is 2.13 bits per heavy atom. The van der Waals surface area contributed by atoms with Gasteiger partial charge in [-0.3, -0.25) is 9.78 Å². The molecule has 4 fully saturated rings. The Balaban J connectivity index is 1.30. The SMILES string of the molecule is C[C@]12CC[C@H](CC(=O)O)CC1=CC[C@@H]1[C@@H]2CC[C@@]2(C)[C@H]1C[C@H]1O[C@]12c1cccnc1. The predicted molar refractivity (Wildman–Crippen MR) is 114 cm³/mol. The summed E-state index contributed by atoms with van der Waals surface area (Å²) in [6.45, 7) is 5.00. The Morgan fingerprint density at radius 1 is 1.27 bits per heavy atom. The summed E-state index contributed by atoms with van der Waals surface area (Å²) in [6, 6.07) is 4.27. The molecular formula is C26H33NO3. The summed E-state index contributed by atoms with van der Waals surface area (Å²) in [7, 11) is 0. The van der Waals surface area contributed by atoms with E-state index < -0.39 is 5.97 Å². The number of hydrogen-bond donors (Lipinski definition) is 1. The highest BCUT2D eigenvalue weighted by Gasteiger charge is 2.77. The van der Waals surface area contributed by atoms with Crippen LogP contribution in [0.3, 0.4) is 0 Å². The summed E-state index contributed by atoms with van der Waals surface area (Å²) in [5, 5.41) is 9.26. The molecule has 0 spiro atoms. The van der Waals surface area contributed by atoms with Crippen LogP contribution >= 0.6 is 0 Å². The normalized spacial score (nSPS) is 48.6. The van der Waals surface area contributed by atoms with Gasteiger partial charge in [0, 0.05) is 29.8 Å². The van der Waals surface area contributed by atoms with Crippen LogP contribution in [0, 0.1) is 34.5 Å².